The van der Waals surface area contributed by atoms with Crippen molar-refractivity contribution >= 4 is 0 Å². The van der Waals surface area contributed by atoms with E-state index in [1.165, 1.54) is 38.5 Å². The van der Waals surface area contributed by atoms with Gasteiger partial charge in [0.25, 0.3) is 0 Å². The molecule has 0 amide bonds. The Labute approximate surface area is 88.5 Å². The van der Waals surface area contributed by atoms with Gasteiger partial charge in [0.2, 0.25) is 0 Å². The second-order valence-corrected chi connectivity index (χ2v) is 4.45. The van der Waals surface area contributed by atoms with E-state index < -0.39 is 0 Å². The van der Waals surface area contributed by atoms with Gasteiger partial charge in [0, 0.05) is 0 Å². The molecule has 0 bridgehead atoms. The van der Waals surface area contributed by atoms with Gasteiger partial charge in [0.15, 0.2) is 0 Å². The minimum Gasteiger partial charge on any atom is -0.374 e. The molecule has 0 aromatic heterocycles. The monoisotopic (exact) mass is 196 g/mol. The van der Waals surface area contributed by atoms with Crippen LogP contribution in [0.5, 0.6) is 0 Å². The summed E-state index contributed by atoms with van der Waals surface area (Å²) in [4.78, 5) is 0. The van der Waals surface area contributed by atoms with E-state index in [-0.39, 0.29) is 0 Å². The summed E-state index contributed by atoms with van der Waals surface area (Å²) < 4.78 is 5.70. The van der Waals surface area contributed by atoms with Crippen molar-refractivity contribution in [3.8, 4) is 0 Å². The highest BCUT2D eigenvalue weighted by Crippen LogP contribution is 2.27. The van der Waals surface area contributed by atoms with Gasteiger partial charge in [-0.25, -0.2) is 0 Å². The van der Waals surface area contributed by atoms with Crippen LogP contribution < -0.4 is 0 Å². The molecule has 0 spiro atoms. The first-order valence-corrected chi connectivity index (χ1v) is 6.05. The van der Waals surface area contributed by atoms with E-state index in [0.717, 1.165) is 12.5 Å². The van der Waals surface area contributed by atoms with Gasteiger partial charge in [-0.1, -0.05) is 44.3 Å². The Balaban J connectivity index is 2.08. The van der Waals surface area contributed by atoms with E-state index in [4.69, 9.17) is 4.74 Å². The Morgan fingerprint density at radius 2 is 2.00 bits per heavy atom. The maximum atomic E-state index is 5.70. The zero-order valence-corrected chi connectivity index (χ0v) is 9.67. The van der Waals surface area contributed by atoms with Crippen molar-refractivity contribution in [1.29, 1.82) is 0 Å². The highest BCUT2D eigenvalue weighted by molar-refractivity contribution is 4.77. The first-order valence-electron chi connectivity index (χ1n) is 6.05. The lowest BCUT2D eigenvalue weighted by molar-refractivity contribution is 0.0630. The van der Waals surface area contributed by atoms with Crippen LogP contribution in [0.1, 0.15) is 52.4 Å². The zero-order chi connectivity index (χ0) is 10.2. The van der Waals surface area contributed by atoms with Crippen LogP contribution in [0, 0.1) is 5.92 Å². The molecule has 0 heterocycles. The normalized spacial score (nSPS) is 21.6. The lowest BCUT2D eigenvalue weighted by atomic mass is 9.86. The predicted molar refractivity (Wildman–Crippen MR) is 61.4 cm³/mol. The van der Waals surface area contributed by atoms with Crippen molar-refractivity contribution in [2.45, 2.75) is 58.5 Å². The van der Waals surface area contributed by atoms with Gasteiger partial charge >= 0.3 is 0 Å². The largest absolute Gasteiger partial charge is 0.374 e. The highest BCUT2D eigenvalue weighted by atomic mass is 16.5. The molecule has 0 aliphatic heterocycles. The molecule has 1 unspecified atom stereocenters. The lowest BCUT2D eigenvalue weighted by Crippen LogP contribution is -2.16. The van der Waals surface area contributed by atoms with E-state index in [1.54, 1.807) is 0 Å². The van der Waals surface area contributed by atoms with E-state index in [2.05, 4.69) is 13.0 Å². The molecule has 14 heavy (non-hydrogen) atoms. The third kappa shape index (κ3) is 4.80. The minimum absolute atomic E-state index is 0.439. The van der Waals surface area contributed by atoms with Crippen molar-refractivity contribution in [1.82, 2.24) is 0 Å². The average Bonchev–Trinajstić information content (AvgIpc) is 2.20. The fourth-order valence-corrected chi connectivity index (χ4v) is 2.28. The van der Waals surface area contributed by atoms with Gasteiger partial charge in [-0.2, -0.15) is 0 Å². The average molecular weight is 196 g/mol. The Morgan fingerprint density at radius 1 is 1.29 bits per heavy atom. The van der Waals surface area contributed by atoms with Gasteiger partial charge in [-0.3, -0.25) is 0 Å². The van der Waals surface area contributed by atoms with Gasteiger partial charge in [-0.15, -0.1) is 0 Å². The van der Waals surface area contributed by atoms with E-state index in [1.807, 2.05) is 13.0 Å². The second kappa shape index (κ2) is 7.05. The molecule has 82 valence electrons. The molecule has 0 aromatic carbocycles. The third-order valence-electron chi connectivity index (χ3n) is 3.10. The summed E-state index contributed by atoms with van der Waals surface area (Å²) >= 11 is 0. The molecule has 1 nitrogen and oxygen atoms in total. The Bertz CT molecular complexity index is 157. The molecular formula is C13H24O. The molecule has 1 atom stereocenters. The summed E-state index contributed by atoms with van der Waals surface area (Å²) in [5, 5.41) is 0. The molecule has 1 aliphatic rings. The van der Waals surface area contributed by atoms with Crippen molar-refractivity contribution in [3.05, 3.63) is 12.2 Å². The van der Waals surface area contributed by atoms with Crippen molar-refractivity contribution in [2.24, 2.45) is 5.92 Å². The van der Waals surface area contributed by atoms with Crippen LogP contribution >= 0.6 is 0 Å². The summed E-state index contributed by atoms with van der Waals surface area (Å²) in [6, 6.07) is 0. The van der Waals surface area contributed by atoms with E-state index in [9.17, 15) is 0 Å². The molecule has 1 heteroatoms. The Hall–Kier alpha value is -0.300. The van der Waals surface area contributed by atoms with Crippen LogP contribution in [0.4, 0.5) is 0 Å². The molecule has 1 saturated carbocycles. The van der Waals surface area contributed by atoms with Gasteiger partial charge in [0.1, 0.15) is 0 Å². The van der Waals surface area contributed by atoms with Crippen molar-refractivity contribution in [2.75, 3.05) is 6.61 Å². The summed E-state index contributed by atoms with van der Waals surface area (Å²) in [6.45, 7) is 5.03. The second-order valence-electron chi connectivity index (χ2n) is 4.45. The summed E-state index contributed by atoms with van der Waals surface area (Å²) in [6.07, 6.45) is 13.0. The van der Waals surface area contributed by atoms with Gasteiger partial charge in [0.05, 0.1) is 12.7 Å². The van der Waals surface area contributed by atoms with Gasteiger partial charge in [-0.05, 0) is 26.2 Å². The van der Waals surface area contributed by atoms with E-state index >= 15 is 0 Å². The molecule has 1 fully saturated rings. The molecule has 0 N–H and O–H groups in total. The molecule has 1 aliphatic carbocycles. The van der Waals surface area contributed by atoms with Crippen LogP contribution in [0.2, 0.25) is 0 Å². The first kappa shape index (κ1) is 11.8. The molecular weight excluding hydrogens is 172 g/mol. The minimum atomic E-state index is 0.439. The molecule has 0 aromatic rings. The highest BCUT2D eigenvalue weighted by Gasteiger charge is 2.16. The fraction of sp³-hybridized carbons (Fsp3) is 0.846. The van der Waals surface area contributed by atoms with Crippen LogP contribution in [-0.4, -0.2) is 12.7 Å². The maximum Gasteiger partial charge on any atom is 0.0650 e. The SMILES string of the molecule is CC=CCOC(C)CC1CCCCC1. The van der Waals surface area contributed by atoms with Crippen LogP contribution in [-0.2, 0) is 4.74 Å². The standard InChI is InChI=1S/C13H24O/c1-3-4-10-14-12(2)11-13-8-6-5-7-9-13/h3-4,12-13H,5-11H2,1-2H3. The summed E-state index contributed by atoms with van der Waals surface area (Å²) in [5.74, 6) is 0.935. The third-order valence-corrected chi connectivity index (χ3v) is 3.10. The lowest BCUT2D eigenvalue weighted by Gasteiger charge is -2.24. The topological polar surface area (TPSA) is 9.23 Å². The van der Waals surface area contributed by atoms with Crippen LogP contribution in [0.25, 0.3) is 0 Å². The number of hydrogen-bond donors (Lipinski definition) is 0. The maximum absolute atomic E-state index is 5.70. The fourth-order valence-electron chi connectivity index (χ4n) is 2.28. The molecule has 1 rings (SSSR count). The van der Waals surface area contributed by atoms with Crippen molar-refractivity contribution in [3.63, 3.8) is 0 Å². The molecule has 0 radical (unpaired) electrons. The quantitative estimate of drug-likeness (QED) is 0.605. The van der Waals surface area contributed by atoms with Crippen LogP contribution in [0.15, 0.2) is 12.2 Å². The number of allylic oxidation sites excluding steroid dienone is 1. The number of hydrogen-bond acceptors (Lipinski definition) is 1. The summed E-state index contributed by atoms with van der Waals surface area (Å²) in [7, 11) is 0. The first-order chi connectivity index (χ1) is 6.83. The van der Waals surface area contributed by atoms with Crippen LogP contribution in [0.3, 0.4) is 0 Å². The Kier molecular flexibility index (Phi) is 5.93. The number of ether oxygens (including phenoxy) is 1. The smallest absolute Gasteiger partial charge is 0.0650 e. The van der Waals surface area contributed by atoms with Crippen molar-refractivity contribution < 1.29 is 4.74 Å². The van der Waals surface area contributed by atoms with E-state index in [0.29, 0.717) is 6.10 Å². The van der Waals surface area contributed by atoms with Gasteiger partial charge < -0.3 is 4.74 Å². The zero-order valence-electron chi connectivity index (χ0n) is 9.67. The summed E-state index contributed by atoms with van der Waals surface area (Å²) in [5.41, 5.74) is 0. The molecule has 0 saturated heterocycles. The number of rotatable bonds is 5. The predicted octanol–water partition coefficient (Wildman–Crippen LogP) is 3.94. The Morgan fingerprint density at radius 3 is 2.64 bits per heavy atom.